The number of carbonyl (C=O) groups excluding carboxylic acids is 2. The zero-order valence-corrected chi connectivity index (χ0v) is 17.5. The third-order valence-electron chi connectivity index (χ3n) is 5.58. The van der Waals surface area contributed by atoms with Crippen LogP contribution in [0.1, 0.15) is 19.8 Å². The van der Waals surface area contributed by atoms with E-state index >= 15 is 0 Å². The molecule has 1 aromatic heterocycles. The van der Waals surface area contributed by atoms with Crippen LogP contribution in [0, 0.1) is 5.92 Å². The summed E-state index contributed by atoms with van der Waals surface area (Å²) in [5.74, 6) is 0.474. The lowest BCUT2D eigenvalue weighted by atomic mass is 9.96. The molecular formula is C25H26N4O2. The number of para-hydroxylation sites is 1. The summed E-state index contributed by atoms with van der Waals surface area (Å²) in [6.45, 7) is 2.82. The number of aromatic nitrogens is 1. The van der Waals surface area contributed by atoms with Gasteiger partial charge in [-0.3, -0.25) is 9.59 Å². The Balaban J connectivity index is 1.43. The number of likely N-dealkylation sites (tertiary alicyclic amines) is 1. The number of rotatable bonds is 5. The first-order valence-corrected chi connectivity index (χ1v) is 10.5. The Labute approximate surface area is 182 Å². The first kappa shape index (κ1) is 20.6. The minimum absolute atomic E-state index is 0.0349. The highest BCUT2D eigenvalue weighted by atomic mass is 16.2. The Morgan fingerprint density at radius 1 is 0.903 bits per heavy atom. The van der Waals surface area contributed by atoms with Crippen LogP contribution in [-0.4, -0.2) is 34.8 Å². The van der Waals surface area contributed by atoms with Gasteiger partial charge in [0.2, 0.25) is 11.8 Å². The number of anilines is 3. The lowest BCUT2D eigenvalue weighted by Crippen LogP contribution is -2.40. The summed E-state index contributed by atoms with van der Waals surface area (Å²) < 4.78 is 0. The molecule has 1 fully saturated rings. The maximum Gasteiger partial charge on any atom is 0.228 e. The molecule has 2 amide bonds. The molecule has 0 unspecified atom stereocenters. The van der Waals surface area contributed by atoms with Crippen molar-refractivity contribution in [2.75, 3.05) is 23.7 Å². The normalized spacial score (nSPS) is 14.2. The number of benzene rings is 2. The maximum absolute atomic E-state index is 12.7. The number of pyridine rings is 1. The topological polar surface area (TPSA) is 74.3 Å². The van der Waals surface area contributed by atoms with Gasteiger partial charge in [0, 0.05) is 43.5 Å². The number of hydrogen-bond acceptors (Lipinski definition) is 4. The second kappa shape index (κ2) is 9.43. The molecule has 2 aromatic carbocycles. The van der Waals surface area contributed by atoms with Crippen LogP contribution < -0.4 is 10.6 Å². The van der Waals surface area contributed by atoms with Gasteiger partial charge in [-0.05, 0) is 60.4 Å². The molecule has 6 heteroatoms. The van der Waals surface area contributed by atoms with Crippen LogP contribution in [0.25, 0.3) is 11.1 Å². The Hall–Kier alpha value is -3.67. The highest BCUT2D eigenvalue weighted by molar-refractivity contribution is 5.92. The van der Waals surface area contributed by atoms with Crippen molar-refractivity contribution in [1.29, 1.82) is 0 Å². The van der Waals surface area contributed by atoms with Crippen molar-refractivity contribution in [1.82, 2.24) is 9.88 Å². The molecule has 0 atom stereocenters. The number of carbonyl (C=O) groups is 2. The molecule has 2 N–H and O–H groups in total. The van der Waals surface area contributed by atoms with Crippen LogP contribution >= 0.6 is 0 Å². The highest BCUT2D eigenvalue weighted by Gasteiger charge is 2.26. The minimum atomic E-state index is -0.0977. The van der Waals surface area contributed by atoms with Gasteiger partial charge >= 0.3 is 0 Å². The third kappa shape index (κ3) is 5.28. The SMILES string of the molecule is CC(=O)N1CCC(C(=O)Nc2cc(-c3cccc(Nc4ccccc4)c3)ccn2)CC1. The zero-order chi connectivity index (χ0) is 21.6. The van der Waals surface area contributed by atoms with Gasteiger partial charge in [-0.25, -0.2) is 4.98 Å². The Bertz CT molecular complexity index is 1060. The third-order valence-corrected chi connectivity index (χ3v) is 5.58. The number of piperidine rings is 1. The monoisotopic (exact) mass is 414 g/mol. The number of amides is 2. The quantitative estimate of drug-likeness (QED) is 0.635. The van der Waals surface area contributed by atoms with E-state index in [1.165, 1.54) is 0 Å². The molecule has 31 heavy (non-hydrogen) atoms. The largest absolute Gasteiger partial charge is 0.356 e. The molecule has 0 radical (unpaired) electrons. The Morgan fingerprint density at radius 3 is 2.35 bits per heavy atom. The summed E-state index contributed by atoms with van der Waals surface area (Å²) in [7, 11) is 0. The smallest absolute Gasteiger partial charge is 0.228 e. The molecule has 0 saturated carbocycles. The summed E-state index contributed by atoms with van der Waals surface area (Å²) in [5, 5.41) is 6.35. The minimum Gasteiger partial charge on any atom is -0.356 e. The van der Waals surface area contributed by atoms with Gasteiger partial charge in [-0.15, -0.1) is 0 Å². The summed E-state index contributed by atoms with van der Waals surface area (Å²) in [6.07, 6.45) is 3.07. The van der Waals surface area contributed by atoms with Crippen molar-refractivity contribution in [3.63, 3.8) is 0 Å². The van der Waals surface area contributed by atoms with Crippen molar-refractivity contribution >= 4 is 29.0 Å². The van der Waals surface area contributed by atoms with Gasteiger partial charge in [-0.1, -0.05) is 30.3 Å². The standard InChI is InChI=1S/C25H26N4O2/c1-18(30)29-14-11-19(12-15-29)25(31)28-24-17-21(10-13-26-24)20-6-5-9-23(16-20)27-22-7-3-2-4-8-22/h2-10,13,16-17,19,27H,11-12,14-15H2,1H3,(H,26,28,31). The van der Waals surface area contributed by atoms with Crippen LogP contribution in [0.15, 0.2) is 72.9 Å². The van der Waals surface area contributed by atoms with Gasteiger partial charge in [0.15, 0.2) is 0 Å². The molecule has 0 bridgehead atoms. The molecule has 0 aliphatic carbocycles. The molecule has 6 nitrogen and oxygen atoms in total. The molecule has 1 saturated heterocycles. The average molecular weight is 415 g/mol. The number of hydrogen-bond donors (Lipinski definition) is 2. The van der Waals surface area contributed by atoms with Crippen molar-refractivity contribution in [2.24, 2.45) is 5.92 Å². The molecule has 1 aliphatic heterocycles. The van der Waals surface area contributed by atoms with Crippen LogP contribution in [0.3, 0.4) is 0 Å². The predicted octanol–water partition coefficient (Wildman–Crippen LogP) is 4.69. The molecule has 1 aliphatic rings. The fourth-order valence-corrected chi connectivity index (χ4v) is 3.83. The van der Waals surface area contributed by atoms with Crippen LogP contribution in [0.5, 0.6) is 0 Å². The van der Waals surface area contributed by atoms with Crippen LogP contribution in [0.2, 0.25) is 0 Å². The molecule has 3 aromatic rings. The highest BCUT2D eigenvalue weighted by Crippen LogP contribution is 2.26. The second-order valence-electron chi connectivity index (χ2n) is 7.77. The fraction of sp³-hybridized carbons (Fsp3) is 0.240. The van der Waals surface area contributed by atoms with Crippen LogP contribution in [0.4, 0.5) is 17.2 Å². The van der Waals surface area contributed by atoms with Crippen LogP contribution in [-0.2, 0) is 9.59 Å². The number of nitrogens with zero attached hydrogens (tertiary/aromatic N) is 2. The van der Waals surface area contributed by atoms with Gasteiger partial charge < -0.3 is 15.5 Å². The molecule has 4 rings (SSSR count). The van der Waals surface area contributed by atoms with Crippen molar-refractivity contribution in [3.05, 3.63) is 72.9 Å². The van der Waals surface area contributed by atoms with Gasteiger partial charge in [0.1, 0.15) is 5.82 Å². The Morgan fingerprint density at radius 2 is 1.61 bits per heavy atom. The van der Waals surface area contributed by atoms with Crippen molar-refractivity contribution < 1.29 is 9.59 Å². The number of nitrogens with one attached hydrogen (secondary N) is 2. The first-order chi connectivity index (χ1) is 15.1. The van der Waals surface area contributed by atoms with Gasteiger partial charge in [0.05, 0.1) is 0 Å². The van der Waals surface area contributed by atoms with E-state index in [9.17, 15) is 9.59 Å². The van der Waals surface area contributed by atoms with Gasteiger partial charge in [0.25, 0.3) is 0 Å². The molecule has 0 spiro atoms. The summed E-state index contributed by atoms with van der Waals surface area (Å²) in [6, 6.07) is 22.0. The lowest BCUT2D eigenvalue weighted by Gasteiger charge is -2.30. The molecule has 158 valence electrons. The van der Waals surface area contributed by atoms with E-state index < -0.39 is 0 Å². The molecule has 2 heterocycles. The second-order valence-corrected chi connectivity index (χ2v) is 7.77. The van der Waals surface area contributed by atoms with Crippen molar-refractivity contribution in [3.8, 4) is 11.1 Å². The van der Waals surface area contributed by atoms with E-state index in [0.717, 1.165) is 22.5 Å². The van der Waals surface area contributed by atoms with Gasteiger partial charge in [-0.2, -0.15) is 0 Å². The van der Waals surface area contributed by atoms with Crippen molar-refractivity contribution in [2.45, 2.75) is 19.8 Å². The van der Waals surface area contributed by atoms with E-state index in [-0.39, 0.29) is 17.7 Å². The van der Waals surface area contributed by atoms with E-state index in [0.29, 0.717) is 31.7 Å². The summed E-state index contributed by atoms with van der Waals surface area (Å²) in [4.78, 5) is 30.3. The first-order valence-electron chi connectivity index (χ1n) is 10.5. The predicted molar refractivity (Wildman–Crippen MR) is 123 cm³/mol. The van der Waals surface area contributed by atoms with E-state index in [2.05, 4.69) is 21.7 Å². The van der Waals surface area contributed by atoms with E-state index in [1.807, 2.05) is 60.7 Å². The Kier molecular flexibility index (Phi) is 6.26. The fourth-order valence-electron chi connectivity index (χ4n) is 3.83. The maximum atomic E-state index is 12.7. The lowest BCUT2D eigenvalue weighted by molar-refractivity contribution is -0.132. The van der Waals surface area contributed by atoms with E-state index in [4.69, 9.17) is 0 Å². The summed E-state index contributed by atoms with van der Waals surface area (Å²) in [5.41, 5.74) is 4.03. The average Bonchev–Trinajstić information content (AvgIpc) is 2.80. The molecular weight excluding hydrogens is 388 g/mol. The van der Waals surface area contributed by atoms with E-state index in [1.54, 1.807) is 18.0 Å². The zero-order valence-electron chi connectivity index (χ0n) is 17.5. The summed E-state index contributed by atoms with van der Waals surface area (Å²) >= 11 is 0.